The Labute approximate surface area is 95.5 Å². The lowest BCUT2D eigenvalue weighted by Crippen LogP contribution is -2.27. The predicted octanol–water partition coefficient (Wildman–Crippen LogP) is 2.51. The van der Waals surface area contributed by atoms with E-state index >= 15 is 0 Å². The topological polar surface area (TPSA) is 39.8 Å². The zero-order valence-electron chi connectivity index (χ0n) is 7.74. The summed E-state index contributed by atoms with van der Waals surface area (Å²) in [6.45, 7) is 0. The monoisotopic (exact) mass is 236 g/mol. The highest BCUT2D eigenvalue weighted by molar-refractivity contribution is 8.76. The van der Waals surface area contributed by atoms with Gasteiger partial charge in [0.2, 0.25) is 0 Å². The molecule has 0 radical (unpaired) electrons. The van der Waals surface area contributed by atoms with Gasteiger partial charge in [0, 0.05) is 40.2 Å². The first-order valence-corrected chi connectivity index (χ1v) is 6.44. The maximum absolute atomic E-state index is 11.3. The maximum atomic E-state index is 11.3. The molecule has 0 unspecified atom stereocenters. The quantitative estimate of drug-likeness (QED) is 0.466. The van der Waals surface area contributed by atoms with Crippen molar-refractivity contribution in [2.45, 2.75) is 9.92 Å². The summed E-state index contributed by atoms with van der Waals surface area (Å²) in [5, 5.41) is 12.0. The van der Waals surface area contributed by atoms with Crippen LogP contribution in [0.15, 0.2) is 58.8 Å². The molecule has 0 saturated carbocycles. The molecule has 0 N–H and O–H groups in total. The van der Waals surface area contributed by atoms with Crippen molar-refractivity contribution in [2.75, 3.05) is 0 Å². The number of hydrogen-bond donors (Lipinski definition) is 0. The van der Waals surface area contributed by atoms with Crippen LogP contribution in [0.5, 0.6) is 0 Å². The van der Waals surface area contributed by atoms with Crippen molar-refractivity contribution < 1.29 is 4.73 Å². The fourth-order valence-electron chi connectivity index (χ4n) is 0.962. The van der Waals surface area contributed by atoms with E-state index in [0.29, 0.717) is 5.03 Å². The predicted molar refractivity (Wildman–Crippen MR) is 61.4 cm³/mol. The molecular formula is C10H8N2OS2. The van der Waals surface area contributed by atoms with Gasteiger partial charge in [-0.1, -0.05) is 0 Å². The summed E-state index contributed by atoms with van der Waals surface area (Å²) in [6.07, 6.45) is 4.97. The van der Waals surface area contributed by atoms with Gasteiger partial charge in [-0.15, -0.1) is 0 Å². The zero-order chi connectivity index (χ0) is 10.5. The number of pyridine rings is 2. The van der Waals surface area contributed by atoms with E-state index in [0.717, 1.165) is 9.63 Å². The second-order valence-corrected chi connectivity index (χ2v) is 4.94. The van der Waals surface area contributed by atoms with Gasteiger partial charge >= 0.3 is 0 Å². The molecule has 2 aromatic rings. The highest BCUT2D eigenvalue weighted by atomic mass is 33.1. The SMILES string of the molecule is [O-][n+]1ccccc1SSc1ccncc1. The fraction of sp³-hybridized carbons (Fsp3) is 0. The van der Waals surface area contributed by atoms with Gasteiger partial charge in [0.25, 0.3) is 5.03 Å². The third-order valence-corrected chi connectivity index (χ3v) is 4.04. The lowest BCUT2D eigenvalue weighted by atomic mass is 10.5. The van der Waals surface area contributed by atoms with Gasteiger partial charge in [0.1, 0.15) is 0 Å². The normalized spacial score (nSPS) is 10.1. The van der Waals surface area contributed by atoms with Crippen LogP contribution in [0.3, 0.4) is 0 Å². The highest BCUT2D eigenvalue weighted by Crippen LogP contribution is 2.34. The summed E-state index contributed by atoms with van der Waals surface area (Å²) in [6, 6.07) is 9.19. The molecule has 0 spiro atoms. The molecule has 3 nitrogen and oxygen atoms in total. The van der Waals surface area contributed by atoms with E-state index in [-0.39, 0.29) is 0 Å². The average molecular weight is 236 g/mol. The molecule has 0 saturated heterocycles. The number of aromatic nitrogens is 2. The first-order chi connectivity index (χ1) is 7.36. The summed E-state index contributed by atoms with van der Waals surface area (Å²) < 4.78 is 0.860. The Morgan fingerprint density at radius 3 is 2.60 bits per heavy atom. The molecule has 0 aliphatic heterocycles. The summed E-state index contributed by atoms with van der Waals surface area (Å²) in [5.41, 5.74) is 0. The zero-order valence-corrected chi connectivity index (χ0v) is 9.37. The molecule has 0 atom stereocenters. The molecule has 15 heavy (non-hydrogen) atoms. The van der Waals surface area contributed by atoms with Crippen molar-refractivity contribution in [3.05, 3.63) is 54.1 Å². The first-order valence-electron chi connectivity index (χ1n) is 4.29. The van der Waals surface area contributed by atoms with Crippen LogP contribution in [0.25, 0.3) is 0 Å². The minimum atomic E-state index is 0.680. The smallest absolute Gasteiger partial charge is 0.262 e. The molecular weight excluding hydrogens is 228 g/mol. The molecule has 5 heteroatoms. The van der Waals surface area contributed by atoms with Crippen LogP contribution in [0, 0.1) is 5.21 Å². The van der Waals surface area contributed by atoms with Gasteiger partial charge < -0.3 is 5.21 Å². The van der Waals surface area contributed by atoms with Crippen LogP contribution in [0.2, 0.25) is 0 Å². The van der Waals surface area contributed by atoms with E-state index in [2.05, 4.69) is 4.98 Å². The van der Waals surface area contributed by atoms with Crippen molar-refractivity contribution in [2.24, 2.45) is 0 Å². The fourth-order valence-corrected chi connectivity index (χ4v) is 2.91. The van der Waals surface area contributed by atoms with Crippen molar-refractivity contribution >= 4 is 21.6 Å². The van der Waals surface area contributed by atoms with E-state index in [9.17, 15) is 5.21 Å². The minimum Gasteiger partial charge on any atom is -0.618 e. The van der Waals surface area contributed by atoms with E-state index in [1.54, 1.807) is 35.3 Å². The van der Waals surface area contributed by atoms with Crippen LogP contribution in [-0.2, 0) is 0 Å². The largest absolute Gasteiger partial charge is 0.618 e. The van der Waals surface area contributed by atoms with E-state index < -0.39 is 0 Å². The Hall–Kier alpha value is -1.20. The Morgan fingerprint density at radius 2 is 1.87 bits per heavy atom. The van der Waals surface area contributed by atoms with Gasteiger partial charge in [0.15, 0.2) is 6.20 Å². The lowest BCUT2D eigenvalue weighted by molar-refractivity contribution is -0.645. The molecule has 0 amide bonds. The van der Waals surface area contributed by atoms with Crippen molar-refractivity contribution in [1.29, 1.82) is 0 Å². The molecule has 2 heterocycles. The molecule has 76 valence electrons. The first kappa shape index (κ1) is 10.3. The Morgan fingerprint density at radius 1 is 1.07 bits per heavy atom. The summed E-state index contributed by atoms with van der Waals surface area (Å²) >= 11 is 0. The van der Waals surface area contributed by atoms with Gasteiger partial charge in [-0.25, -0.2) is 0 Å². The molecule has 0 bridgehead atoms. The second kappa shape index (κ2) is 5.04. The number of nitrogens with zero attached hydrogens (tertiary/aromatic N) is 2. The van der Waals surface area contributed by atoms with Crippen molar-refractivity contribution in [3.8, 4) is 0 Å². The Kier molecular flexibility index (Phi) is 3.47. The molecule has 0 aliphatic rings. The Bertz CT molecular complexity index is 436. The van der Waals surface area contributed by atoms with Crippen molar-refractivity contribution in [1.82, 2.24) is 4.98 Å². The molecule has 0 aromatic carbocycles. The van der Waals surface area contributed by atoms with Crippen LogP contribution in [0.4, 0.5) is 0 Å². The second-order valence-electron chi connectivity index (χ2n) is 2.71. The molecule has 2 aromatic heterocycles. The van der Waals surface area contributed by atoms with Crippen LogP contribution < -0.4 is 4.73 Å². The number of rotatable bonds is 3. The third kappa shape index (κ3) is 2.87. The summed E-state index contributed by atoms with van der Waals surface area (Å²) in [4.78, 5) is 5.01. The number of hydrogen-bond acceptors (Lipinski definition) is 4. The summed E-state index contributed by atoms with van der Waals surface area (Å²) in [7, 11) is 2.98. The van der Waals surface area contributed by atoms with Gasteiger partial charge in [-0.2, -0.15) is 4.73 Å². The van der Waals surface area contributed by atoms with Crippen LogP contribution >= 0.6 is 21.6 Å². The van der Waals surface area contributed by atoms with E-state index in [1.807, 2.05) is 18.2 Å². The van der Waals surface area contributed by atoms with Gasteiger partial charge in [0.05, 0.1) is 0 Å². The van der Waals surface area contributed by atoms with Crippen molar-refractivity contribution in [3.63, 3.8) is 0 Å². The van der Waals surface area contributed by atoms with E-state index in [4.69, 9.17) is 0 Å². The standard InChI is InChI=1S/C10H8N2OS2/c13-12-8-2-1-3-10(12)15-14-9-4-6-11-7-5-9/h1-8H. The molecule has 0 fully saturated rings. The summed E-state index contributed by atoms with van der Waals surface area (Å²) in [5.74, 6) is 0. The molecule has 2 rings (SSSR count). The van der Waals surface area contributed by atoms with Crippen LogP contribution in [0.1, 0.15) is 0 Å². The lowest BCUT2D eigenvalue weighted by Gasteiger charge is -2.01. The van der Waals surface area contributed by atoms with Crippen LogP contribution in [-0.4, -0.2) is 4.98 Å². The molecule has 0 aliphatic carbocycles. The van der Waals surface area contributed by atoms with Gasteiger partial charge in [-0.05, 0) is 29.0 Å². The Balaban J connectivity index is 2.03. The van der Waals surface area contributed by atoms with Gasteiger partial charge in [-0.3, -0.25) is 4.98 Å². The minimum absolute atomic E-state index is 0.680. The average Bonchev–Trinajstić information content (AvgIpc) is 2.29. The highest BCUT2D eigenvalue weighted by Gasteiger charge is 2.05. The maximum Gasteiger partial charge on any atom is 0.262 e. The van der Waals surface area contributed by atoms with E-state index in [1.165, 1.54) is 17.0 Å². The third-order valence-electron chi connectivity index (χ3n) is 1.66.